The van der Waals surface area contributed by atoms with Gasteiger partial charge in [-0.3, -0.25) is 4.79 Å². The molecule has 1 rings (SSSR count). The van der Waals surface area contributed by atoms with Crippen LogP contribution in [0, 0.1) is 5.41 Å². The van der Waals surface area contributed by atoms with Crippen LogP contribution in [-0.4, -0.2) is 17.9 Å². The number of carbonyl (C=O) groups is 1. The second-order valence-corrected chi connectivity index (χ2v) is 5.35. The average Bonchev–Trinajstić information content (AvgIpc) is 2.07. The van der Waals surface area contributed by atoms with Crippen molar-refractivity contribution >= 4 is 5.91 Å². The number of rotatable bonds is 1. The molecule has 1 N–H and O–H groups in total. The van der Waals surface area contributed by atoms with Crippen LogP contribution in [0.1, 0.15) is 46.5 Å². The van der Waals surface area contributed by atoms with Crippen LogP contribution in [0.4, 0.5) is 8.78 Å². The second kappa shape index (κ2) is 4.06. The van der Waals surface area contributed by atoms with Crippen LogP contribution in [0.25, 0.3) is 0 Å². The van der Waals surface area contributed by atoms with Gasteiger partial charge in [-0.15, -0.1) is 0 Å². The lowest BCUT2D eigenvalue weighted by atomic mass is 9.90. The molecule has 1 aliphatic carbocycles. The van der Waals surface area contributed by atoms with Crippen molar-refractivity contribution in [3.63, 3.8) is 0 Å². The molecule has 4 heteroatoms. The van der Waals surface area contributed by atoms with Gasteiger partial charge >= 0.3 is 0 Å². The third-order valence-electron chi connectivity index (χ3n) is 2.73. The maximum absolute atomic E-state index is 12.8. The first-order chi connectivity index (χ1) is 6.71. The van der Waals surface area contributed by atoms with Gasteiger partial charge in [0.25, 0.3) is 0 Å². The van der Waals surface area contributed by atoms with E-state index in [1.807, 2.05) is 20.8 Å². The fraction of sp³-hybridized carbons (Fsp3) is 0.909. The average molecular weight is 219 g/mol. The predicted octanol–water partition coefficient (Wildman–Crippen LogP) is 2.73. The van der Waals surface area contributed by atoms with Crippen LogP contribution < -0.4 is 5.32 Å². The lowest BCUT2D eigenvalue weighted by molar-refractivity contribution is -0.130. The van der Waals surface area contributed by atoms with Crippen LogP contribution in [0.15, 0.2) is 0 Å². The summed E-state index contributed by atoms with van der Waals surface area (Å²) in [6.45, 7) is 5.46. The standard InChI is InChI=1S/C11H19F2NO/c1-10(2,3)9(15)14-8-4-6-11(12,13)7-5-8/h8H,4-7H2,1-3H3,(H,14,15). The number of amides is 1. The van der Waals surface area contributed by atoms with E-state index < -0.39 is 11.3 Å². The van der Waals surface area contributed by atoms with E-state index in [9.17, 15) is 13.6 Å². The Kier molecular flexibility index (Phi) is 3.36. The molecule has 1 fully saturated rings. The summed E-state index contributed by atoms with van der Waals surface area (Å²) in [5, 5.41) is 2.82. The van der Waals surface area contributed by atoms with E-state index in [0.717, 1.165) is 0 Å². The Balaban J connectivity index is 2.40. The minimum absolute atomic E-state index is 0.0577. The molecule has 15 heavy (non-hydrogen) atoms. The Morgan fingerprint density at radius 2 is 1.73 bits per heavy atom. The molecule has 0 heterocycles. The topological polar surface area (TPSA) is 29.1 Å². The Bertz CT molecular complexity index is 235. The van der Waals surface area contributed by atoms with Crippen molar-refractivity contribution < 1.29 is 13.6 Å². The third-order valence-corrected chi connectivity index (χ3v) is 2.73. The zero-order valence-corrected chi connectivity index (χ0v) is 9.57. The highest BCUT2D eigenvalue weighted by Gasteiger charge is 2.36. The molecule has 1 aliphatic rings. The van der Waals surface area contributed by atoms with Gasteiger partial charge in [-0.2, -0.15) is 0 Å². The zero-order chi connectivity index (χ0) is 11.7. The summed E-state index contributed by atoms with van der Waals surface area (Å²) >= 11 is 0. The lowest BCUT2D eigenvalue weighted by Gasteiger charge is -2.30. The summed E-state index contributed by atoms with van der Waals surface area (Å²) in [5.74, 6) is -2.58. The molecule has 0 saturated heterocycles. The molecule has 0 bridgehead atoms. The van der Waals surface area contributed by atoms with Crippen LogP contribution in [0.2, 0.25) is 0 Å². The Morgan fingerprint density at radius 1 is 1.27 bits per heavy atom. The van der Waals surface area contributed by atoms with Gasteiger partial charge in [0, 0.05) is 24.3 Å². The van der Waals surface area contributed by atoms with Crippen LogP contribution >= 0.6 is 0 Å². The van der Waals surface area contributed by atoms with E-state index in [1.54, 1.807) is 0 Å². The van der Waals surface area contributed by atoms with Crippen molar-refractivity contribution in [2.75, 3.05) is 0 Å². The van der Waals surface area contributed by atoms with Crippen molar-refractivity contribution in [3.05, 3.63) is 0 Å². The third kappa shape index (κ3) is 3.76. The van der Waals surface area contributed by atoms with Crippen molar-refractivity contribution in [2.45, 2.75) is 58.4 Å². The maximum atomic E-state index is 12.8. The quantitative estimate of drug-likeness (QED) is 0.721. The largest absolute Gasteiger partial charge is 0.353 e. The highest BCUT2D eigenvalue weighted by atomic mass is 19.3. The predicted molar refractivity (Wildman–Crippen MR) is 54.8 cm³/mol. The van der Waals surface area contributed by atoms with E-state index >= 15 is 0 Å². The minimum atomic E-state index is -2.52. The first kappa shape index (κ1) is 12.4. The molecule has 88 valence electrons. The van der Waals surface area contributed by atoms with E-state index in [-0.39, 0.29) is 24.8 Å². The molecule has 0 aromatic rings. The summed E-state index contributed by atoms with van der Waals surface area (Å²) in [7, 11) is 0. The number of halogens is 2. The van der Waals surface area contributed by atoms with Crippen molar-refractivity contribution in [2.24, 2.45) is 5.41 Å². The van der Waals surface area contributed by atoms with E-state index in [0.29, 0.717) is 12.8 Å². The van der Waals surface area contributed by atoms with Gasteiger partial charge in [0.1, 0.15) is 0 Å². The molecular formula is C11H19F2NO. The lowest BCUT2D eigenvalue weighted by Crippen LogP contribution is -2.44. The molecule has 1 amide bonds. The molecule has 0 atom stereocenters. The summed E-state index contributed by atoms with van der Waals surface area (Å²) in [6.07, 6.45) is 0.549. The van der Waals surface area contributed by atoms with Crippen LogP contribution in [-0.2, 0) is 4.79 Å². The molecule has 1 saturated carbocycles. The smallest absolute Gasteiger partial charge is 0.248 e. The Hall–Kier alpha value is -0.670. The van der Waals surface area contributed by atoms with E-state index in [1.165, 1.54) is 0 Å². The maximum Gasteiger partial charge on any atom is 0.248 e. The summed E-state index contributed by atoms with van der Waals surface area (Å²) in [4.78, 5) is 11.6. The van der Waals surface area contributed by atoms with E-state index in [2.05, 4.69) is 5.32 Å². The summed E-state index contributed by atoms with van der Waals surface area (Å²) < 4.78 is 25.7. The Labute approximate surface area is 89.4 Å². The van der Waals surface area contributed by atoms with Gasteiger partial charge in [-0.05, 0) is 12.8 Å². The molecule has 0 spiro atoms. The van der Waals surface area contributed by atoms with Crippen LogP contribution in [0.5, 0.6) is 0 Å². The molecule has 0 aromatic carbocycles. The minimum Gasteiger partial charge on any atom is -0.353 e. The number of hydrogen-bond acceptors (Lipinski definition) is 1. The van der Waals surface area contributed by atoms with Crippen LogP contribution in [0.3, 0.4) is 0 Å². The van der Waals surface area contributed by atoms with Gasteiger partial charge in [-0.1, -0.05) is 20.8 Å². The molecule has 0 radical (unpaired) electrons. The van der Waals surface area contributed by atoms with Gasteiger partial charge in [0.05, 0.1) is 0 Å². The SMILES string of the molecule is CC(C)(C)C(=O)NC1CCC(F)(F)CC1. The van der Waals surface area contributed by atoms with E-state index in [4.69, 9.17) is 0 Å². The number of alkyl halides is 2. The monoisotopic (exact) mass is 219 g/mol. The first-order valence-electron chi connectivity index (χ1n) is 5.39. The number of nitrogens with one attached hydrogen (secondary N) is 1. The zero-order valence-electron chi connectivity index (χ0n) is 9.57. The highest BCUT2D eigenvalue weighted by Crippen LogP contribution is 2.33. The highest BCUT2D eigenvalue weighted by molar-refractivity contribution is 5.81. The second-order valence-electron chi connectivity index (χ2n) is 5.35. The van der Waals surface area contributed by atoms with Crippen molar-refractivity contribution in [3.8, 4) is 0 Å². The van der Waals surface area contributed by atoms with Crippen molar-refractivity contribution in [1.82, 2.24) is 5.32 Å². The van der Waals surface area contributed by atoms with Gasteiger partial charge in [0.15, 0.2) is 0 Å². The summed E-state index contributed by atoms with van der Waals surface area (Å²) in [5.41, 5.74) is -0.444. The summed E-state index contributed by atoms with van der Waals surface area (Å²) in [6, 6.07) is -0.0728. The number of carbonyl (C=O) groups excluding carboxylic acids is 1. The van der Waals surface area contributed by atoms with Gasteiger partial charge in [-0.25, -0.2) is 8.78 Å². The molecular weight excluding hydrogens is 200 g/mol. The fourth-order valence-corrected chi connectivity index (χ4v) is 1.59. The fourth-order valence-electron chi connectivity index (χ4n) is 1.59. The normalized spacial score (nSPS) is 22.5. The molecule has 0 aliphatic heterocycles. The first-order valence-corrected chi connectivity index (χ1v) is 5.39. The molecule has 0 aromatic heterocycles. The van der Waals surface area contributed by atoms with Gasteiger partial charge < -0.3 is 5.32 Å². The number of hydrogen-bond donors (Lipinski definition) is 1. The molecule has 0 unspecified atom stereocenters. The Morgan fingerprint density at radius 3 is 2.13 bits per heavy atom. The molecule has 2 nitrogen and oxygen atoms in total. The van der Waals surface area contributed by atoms with Crippen molar-refractivity contribution in [1.29, 1.82) is 0 Å². The van der Waals surface area contributed by atoms with Gasteiger partial charge in [0.2, 0.25) is 11.8 Å².